The van der Waals surface area contributed by atoms with Gasteiger partial charge in [0.2, 0.25) is 15.9 Å². The highest BCUT2D eigenvalue weighted by Gasteiger charge is 2.42. The minimum Gasteiger partial charge on any atom is -0.495 e. The van der Waals surface area contributed by atoms with Crippen LogP contribution in [-0.4, -0.2) is 58.1 Å². The lowest BCUT2D eigenvalue weighted by Gasteiger charge is -2.28. The standard InChI is InChI=1S/C23H32N2O5S/c1-16(20-14-18-3-6-19(20)13-18)24-23(26)8-5-17-4-7-21(29-2)22(15-17)31(27,28)25-9-11-30-12-10-25/h4-5,7-8,15-16,18-20H,3,6,9-14H2,1-2H3,(H,24,26). The summed E-state index contributed by atoms with van der Waals surface area (Å²) >= 11 is 0. The molecule has 1 N–H and O–H groups in total. The van der Waals surface area contributed by atoms with Crippen molar-refractivity contribution in [2.75, 3.05) is 33.4 Å². The molecule has 1 aromatic carbocycles. The number of carbonyl (C=O) groups excluding carboxylic acids is 1. The van der Waals surface area contributed by atoms with E-state index in [1.807, 2.05) is 0 Å². The first-order valence-electron chi connectivity index (χ1n) is 11.1. The van der Waals surface area contributed by atoms with Crippen LogP contribution >= 0.6 is 0 Å². The van der Waals surface area contributed by atoms with Crippen molar-refractivity contribution >= 4 is 22.0 Å². The number of fused-ring (bicyclic) bond motifs is 2. The predicted molar refractivity (Wildman–Crippen MR) is 118 cm³/mol. The predicted octanol–water partition coefficient (Wildman–Crippen LogP) is 2.67. The third-order valence-electron chi connectivity index (χ3n) is 7.01. The molecule has 4 unspecified atom stereocenters. The fraction of sp³-hybridized carbons (Fsp3) is 0.609. The lowest BCUT2D eigenvalue weighted by Crippen LogP contribution is -2.40. The summed E-state index contributed by atoms with van der Waals surface area (Å²) in [6.45, 7) is 3.48. The number of amides is 1. The molecule has 170 valence electrons. The summed E-state index contributed by atoms with van der Waals surface area (Å²) in [6, 6.07) is 5.09. The Bertz CT molecular complexity index is 939. The van der Waals surface area contributed by atoms with E-state index in [1.54, 1.807) is 24.3 Å². The van der Waals surface area contributed by atoms with Gasteiger partial charge in [-0.15, -0.1) is 0 Å². The molecular formula is C23H32N2O5S. The summed E-state index contributed by atoms with van der Waals surface area (Å²) in [5.74, 6) is 2.30. The molecule has 2 aliphatic carbocycles. The fourth-order valence-corrected chi connectivity index (χ4v) is 6.98. The maximum absolute atomic E-state index is 13.1. The number of methoxy groups -OCH3 is 1. The van der Waals surface area contributed by atoms with Crippen molar-refractivity contribution in [1.82, 2.24) is 9.62 Å². The number of morpholine rings is 1. The van der Waals surface area contributed by atoms with Gasteiger partial charge in [-0.2, -0.15) is 4.31 Å². The summed E-state index contributed by atoms with van der Waals surface area (Å²) in [7, 11) is -2.25. The molecule has 0 spiro atoms. The van der Waals surface area contributed by atoms with E-state index in [-0.39, 0.29) is 22.6 Å². The molecule has 1 saturated heterocycles. The first-order chi connectivity index (χ1) is 14.9. The van der Waals surface area contributed by atoms with Crippen LogP contribution < -0.4 is 10.1 Å². The Morgan fingerprint density at radius 1 is 1.26 bits per heavy atom. The van der Waals surface area contributed by atoms with E-state index in [0.29, 0.717) is 37.8 Å². The van der Waals surface area contributed by atoms with Crippen LogP contribution in [0.2, 0.25) is 0 Å². The zero-order valence-electron chi connectivity index (χ0n) is 18.2. The molecule has 8 heteroatoms. The second kappa shape index (κ2) is 9.30. The van der Waals surface area contributed by atoms with Gasteiger partial charge in [0.15, 0.2) is 0 Å². The maximum atomic E-state index is 13.1. The molecule has 1 heterocycles. The third kappa shape index (κ3) is 4.81. The Morgan fingerprint density at radius 3 is 2.68 bits per heavy atom. The Kier molecular flexibility index (Phi) is 6.69. The molecule has 1 aliphatic heterocycles. The molecular weight excluding hydrogens is 416 g/mol. The van der Waals surface area contributed by atoms with Crippen molar-refractivity contribution < 1.29 is 22.7 Å². The summed E-state index contributed by atoms with van der Waals surface area (Å²) < 4.78 is 38.2. The largest absolute Gasteiger partial charge is 0.495 e. The number of nitrogens with one attached hydrogen (secondary N) is 1. The summed E-state index contributed by atoms with van der Waals surface area (Å²) in [4.78, 5) is 12.6. The van der Waals surface area contributed by atoms with Gasteiger partial charge in [-0.05, 0) is 67.7 Å². The van der Waals surface area contributed by atoms with E-state index in [2.05, 4.69) is 12.2 Å². The van der Waals surface area contributed by atoms with Crippen LogP contribution in [0.25, 0.3) is 6.08 Å². The van der Waals surface area contributed by atoms with Gasteiger partial charge in [0.1, 0.15) is 10.6 Å². The molecule has 2 saturated carbocycles. The van der Waals surface area contributed by atoms with E-state index in [1.165, 1.54) is 43.2 Å². The van der Waals surface area contributed by atoms with Crippen LogP contribution in [0.3, 0.4) is 0 Å². The monoisotopic (exact) mass is 448 g/mol. The molecule has 1 amide bonds. The first kappa shape index (κ1) is 22.3. The molecule has 31 heavy (non-hydrogen) atoms. The highest BCUT2D eigenvalue weighted by atomic mass is 32.2. The van der Waals surface area contributed by atoms with Gasteiger partial charge in [0.05, 0.1) is 20.3 Å². The van der Waals surface area contributed by atoms with Crippen molar-refractivity contribution in [1.29, 1.82) is 0 Å². The lowest BCUT2D eigenvalue weighted by atomic mass is 9.84. The number of hydrogen-bond acceptors (Lipinski definition) is 5. The molecule has 4 rings (SSSR count). The Labute approximate surface area is 184 Å². The van der Waals surface area contributed by atoms with Gasteiger partial charge in [-0.3, -0.25) is 4.79 Å². The van der Waals surface area contributed by atoms with Gasteiger partial charge >= 0.3 is 0 Å². The van der Waals surface area contributed by atoms with Crippen LogP contribution in [-0.2, 0) is 19.6 Å². The zero-order chi connectivity index (χ0) is 22.0. The van der Waals surface area contributed by atoms with Gasteiger partial charge in [-0.25, -0.2) is 8.42 Å². The summed E-state index contributed by atoms with van der Waals surface area (Å²) in [5.41, 5.74) is 0.635. The van der Waals surface area contributed by atoms with Crippen LogP contribution in [0.4, 0.5) is 0 Å². The zero-order valence-corrected chi connectivity index (χ0v) is 19.1. The second-order valence-electron chi connectivity index (χ2n) is 8.90. The number of carbonyl (C=O) groups is 1. The highest BCUT2D eigenvalue weighted by molar-refractivity contribution is 7.89. The van der Waals surface area contributed by atoms with Gasteiger partial charge in [0.25, 0.3) is 0 Å². The van der Waals surface area contributed by atoms with E-state index in [4.69, 9.17) is 9.47 Å². The van der Waals surface area contributed by atoms with Crippen molar-refractivity contribution in [3.63, 3.8) is 0 Å². The normalized spacial score (nSPS) is 27.5. The van der Waals surface area contributed by atoms with Crippen LogP contribution in [0, 0.1) is 17.8 Å². The van der Waals surface area contributed by atoms with E-state index in [0.717, 1.165) is 11.8 Å². The molecule has 0 radical (unpaired) electrons. The lowest BCUT2D eigenvalue weighted by molar-refractivity contribution is -0.117. The SMILES string of the molecule is COc1ccc(C=CC(=O)NC(C)C2CC3CCC2C3)cc1S(=O)(=O)N1CCOCC1. The molecule has 4 atom stereocenters. The van der Waals surface area contributed by atoms with Crippen LogP contribution in [0.5, 0.6) is 5.75 Å². The van der Waals surface area contributed by atoms with Crippen molar-refractivity contribution in [3.05, 3.63) is 29.8 Å². The van der Waals surface area contributed by atoms with Crippen molar-refractivity contribution in [2.45, 2.75) is 43.5 Å². The Hall–Kier alpha value is -1.90. The van der Waals surface area contributed by atoms with Gasteiger partial charge in [-0.1, -0.05) is 12.5 Å². The summed E-state index contributed by atoms with van der Waals surface area (Å²) in [5, 5.41) is 3.11. The number of sulfonamides is 1. The average Bonchev–Trinajstić information content (AvgIpc) is 3.42. The molecule has 3 fully saturated rings. The molecule has 0 aromatic heterocycles. The smallest absolute Gasteiger partial charge is 0.246 e. The Morgan fingerprint density at radius 2 is 2.03 bits per heavy atom. The summed E-state index contributed by atoms with van der Waals surface area (Å²) in [6.07, 6.45) is 8.30. The van der Waals surface area contributed by atoms with Crippen molar-refractivity contribution in [3.8, 4) is 5.75 Å². The Balaban J connectivity index is 1.45. The molecule has 1 aromatic rings. The van der Waals surface area contributed by atoms with E-state index >= 15 is 0 Å². The number of ether oxygens (including phenoxy) is 2. The quantitative estimate of drug-likeness (QED) is 0.649. The third-order valence-corrected chi connectivity index (χ3v) is 8.93. The van der Waals surface area contributed by atoms with Gasteiger partial charge in [0, 0.05) is 25.2 Å². The van der Waals surface area contributed by atoms with E-state index in [9.17, 15) is 13.2 Å². The highest BCUT2D eigenvalue weighted by Crippen LogP contribution is 2.49. The molecule has 2 bridgehead atoms. The number of benzene rings is 1. The maximum Gasteiger partial charge on any atom is 0.246 e. The topological polar surface area (TPSA) is 84.9 Å². The van der Waals surface area contributed by atoms with E-state index < -0.39 is 10.0 Å². The second-order valence-corrected chi connectivity index (χ2v) is 10.8. The minimum atomic E-state index is -3.71. The molecule has 7 nitrogen and oxygen atoms in total. The first-order valence-corrected chi connectivity index (χ1v) is 12.6. The van der Waals surface area contributed by atoms with Crippen LogP contribution in [0.1, 0.15) is 38.2 Å². The molecule has 3 aliphatic rings. The number of hydrogen-bond donors (Lipinski definition) is 1. The fourth-order valence-electron chi connectivity index (χ4n) is 5.38. The van der Waals surface area contributed by atoms with Crippen molar-refractivity contribution in [2.24, 2.45) is 17.8 Å². The minimum absolute atomic E-state index is 0.106. The average molecular weight is 449 g/mol. The van der Waals surface area contributed by atoms with Gasteiger partial charge < -0.3 is 14.8 Å². The number of rotatable bonds is 7. The van der Waals surface area contributed by atoms with Crippen LogP contribution in [0.15, 0.2) is 29.2 Å². The number of nitrogens with zero attached hydrogens (tertiary/aromatic N) is 1.